The van der Waals surface area contributed by atoms with Crippen LogP contribution in [0.1, 0.15) is 30.9 Å². The van der Waals surface area contributed by atoms with E-state index in [4.69, 9.17) is 10.5 Å². The fourth-order valence-corrected chi connectivity index (χ4v) is 3.83. The lowest BCUT2D eigenvalue weighted by Crippen LogP contribution is -2.48. The summed E-state index contributed by atoms with van der Waals surface area (Å²) in [6.07, 6.45) is 2.46. The lowest BCUT2D eigenvalue weighted by atomic mass is 10.1. The molecule has 1 aliphatic heterocycles. The molecule has 0 radical (unpaired) electrons. The zero-order valence-electron chi connectivity index (χ0n) is 15.8. The molecule has 1 amide bonds. The highest BCUT2D eigenvalue weighted by Gasteiger charge is 2.23. The number of carbonyl (C=O) groups excluding carboxylic acids is 1. The maximum Gasteiger partial charge on any atom is 0.409 e. The summed E-state index contributed by atoms with van der Waals surface area (Å²) in [6, 6.07) is 7.46. The number of guanidine groups is 1. The number of hydrogen-bond donors (Lipinski definition) is 2. The highest BCUT2D eigenvalue weighted by Crippen LogP contribution is 2.14. The molecule has 1 aromatic rings. The van der Waals surface area contributed by atoms with E-state index < -0.39 is 9.84 Å². The molecule has 1 fully saturated rings. The van der Waals surface area contributed by atoms with E-state index in [0.29, 0.717) is 32.2 Å². The normalized spacial score (nSPS) is 16.2. The van der Waals surface area contributed by atoms with Gasteiger partial charge in [-0.25, -0.2) is 18.2 Å². The van der Waals surface area contributed by atoms with Crippen LogP contribution in [0.2, 0.25) is 0 Å². The second-order valence-corrected chi connectivity index (χ2v) is 8.79. The van der Waals surface area contributed by atoms with E-state index in [0.717, 1.165) is 24.0 Å². The van der Waals surface area contributed by atoms with Gasteiger partial charge in [-0.1, -0.05) is 24.3 Å². The first kappa shape index (κ1) is 21.0. The van der Waals surface area contributed by atoms with Crippen LogP contribution in [0, 0.1) is 0 Å². The monoisotopic (exact) mass is 396 g/mol. The number of nitrogens with one attached hydrogen (secondary N) is 1. The highest BCUT2D eigenvalue weighted by atomic mass is 32.2. The van der Waals surface area contributed by atoms with Gasteiger partial charge in [0.1, 0.15) is 0 Å². The molecule has 0 saturated carbocycles. The molecule has 150 valence electrons. The smallest absolute Gasteiger partial charge is 0.409 e. The van der Waals surface area contributed by atoms with Gasteiger partial charge in [0.05, 0.1) is 18.9 Å². The van der Waals surface area contributed by atoms with Gasteiger partial charge in [0.15, 0.2) is 15.8 Å². The molecule has 0 bridgehead atoms. The molecule has 1 heterocycles. The van der Waals surface area contributed by atoms with Crippen LogP contribution in [0.15, 0.2) is 29.3 Å². The highest BCUT2D eigenvalue weighted by molar-refractivity contribution is 7.89. The van der Waals surface area contributed by atoms with Crippen LogP contribution in [-0.2, 0) is 26.9 Å². The van der Waals surface area contributed by atoms with E-state index in [1.807, 2.05) is 18.2 Å². The zero-order chi connectivity index (χ0) is 19.9. The summed E-state index contributed by atoms with van der Waals surface area (Å²) >= 11 is 0. The Balaban J connectivity index is 1.88. The number of carbonyl (C=O) groups is 1. The number of aliphatic imine (C=N–C) groups is 1. The molecule has 0 atom stereocenters. The van der Waals surface area contributed by atoms with Gasteiger partial charge < -0.3 is 20.7 Å². The van der Waals surface area contributed by atoms with Crippen molar-refractivity contribution in [3.8, 4) is 0 Å². The van der Waals surface area contributed by atoms with Crippen LogP contribution in [0.25, 0.3) is 0 Å². The Morgan fingerprint density at radius 2 is 1.93 bits per heavy atom. The lowest BCUT2D eigenvalue weighted by Gasteiger charge is -2.31. The number of likely N-dealkylation sites (tertiary alicyclic amines) is 1. The van der Waals surface area contributed by atoms with Crippen LogP contribution in [-0.4, -0.2) is 57.4 Å². The van der Waals surface area contributed by atoms with Crippen LogP contribution >= 0.6 is 0 Å². The number of ether oxygens (including phenoxy) is 1. The molecular weight excluding hydrogens is 368 g/mol. The van der Waals surface area contributed by atoms with Crippen molar-refractivity contribution in [2.24, 2.45) is 10.7 Å². The Labute approximate surface area is 160 Å². The van der Waals surface area contributed by atoms with Gasteiger partial charge in [-0.3, -0.25) is 0 Å². The Morgan fingerprint density at radius 1 is 1.30 bits per heavy atom. The molecule has 27 heavy (non-hydrogen) atoms. The number of nitrogens with zero attached hydrogens (tertiary/aromatic N) is 2. The van der Waals surface area contributed by atoms with E-state index in [-0.39, 0.29) is 17.9 Å². The van der Waals surface area contributed by atoms with E-state index in [2.05, 4.69) is 10.3 Å². The van der Waals surface area contributed by atoms with Gasteiger partial charge in [0, 0.05) is 25.4 Å². The number of nitrogens with two attached hydrogens (primary N) is 1. The van der Waals surface area contributed by atoms with E-state index in [1.54, 1.807) is 17.9 Å². The zero-order valence-corrected chi connectivity index (χ0v) is 16.7. The maximum atomic E-state index is 11.7. The van der Waals surface area contributed by atoms with Crippen LogP contribution in [0.4, 0.5) is 4.79 Å². The van der Waals surface area contributed by atoms with Crippen molar-refractivity contribution in [1.29, 1.82) is 0 Å². The summed E-state index contributed by atoms with van der Waals surface area (Å²) in [5.41, 5.74) is 7.56. The maximum absolute atomic E-state index is 11.7. The van der Waals surface area contributed by atoms with Gasteiger partial charge in [-0.15, -0.1) is 0 Å². The SMILES string of the molecule is CCOC(=O)N1CCC(NC(N)=NCc2ccccc2CS(C)(=O)=O)CC1. The first-order chi connectivity index (χ1) is 12.8. The van der Waals surface area contributed by atoms with Crippen molar-refractivity contribution in [3.63, 3.8) is 0 Å². The number of rotatable bonds is 6. The van der Waals surface area contributed by atoms with Crippen molar-refractivity contribution in [2.75, 3.05) is 26.0 Å². The third-order valence-electron chi connectivity index (χ3n) is 4.33. The van der Waals surface area contributed by atoms with Crippen molar-refractivity contribution in [3.05, 3.63) is 35.4 Å². The molecule has 8 nitrogen and oxygen atoms in total. The van der Waals surface area contributed by atoms with E-state index >= 15 is 0 Å². The minimum absolute atomic E-state index is 0.0155. The Morgan fingerprint density at radius 3 is 2.52 bits per heavy atom. The number of amides is 1. The molecule has 1 saturated heterocycles. The number of hydrogen-bond acceptors (Lipinski definition) is 5. The predicted octanol–water partition coefficient (Wildman–Crippen LogP) is 1.26. The van der Waals surface area contributed by atoms with Crippen LogP contribution in [0.5, 0.6) is 0 Å². The predicted molar refractivity (Wildman–Crippen MR) is 105 cm³/mol. The third-order valence-corrected chi connectivity index (χ3v) is 5.16. The summed E-state index contributed by atoms with van der Waals surface area (Å²) in [7, 11) is -3.12. The van der Waals surface area contributed by atoms with Crippen LogP contribution in [0.3, 0.4) is 0 Å². The van der Waals surface area contributed by atoms with E-state index in [9.17, 15) is 13.2 Å². The molecule has 0 spiro atoms. The Hall–Kier alpha value is -2.29. The van der Waals surface area contributed by atoms with Crippen molar-refractivity contribution in [2.45, 2.75) is 38.1 Å². The molecule has 1 aliphatic rings. The standard InChI is InChI=1S/C18H28N4O4S/c1-3-26-18(23)22-10-8-16(9-11-22)21-17(19)20-12-14-6-4-5-7-15(14)13-27(2,24)25/h4-7,16H,3,8-13H2,1-2H3,(H3,19,20,21). The average Bonchev–Trinajstić information content (AvgIpc) is 2.60. The van der Waals surface area contributed by atoms with Gasteiger partial charge >= 0.3 is 6.09 Å². The molecule has 3 N–H and O–H groups in total. The molecule has 0 aliphatic carbocycles. The molecule has 0 aromatic heterocycles. The van der Waals surface area contributed by atoms with Crippen molar-refractivity contribution < 1.29 is 17.9 Å². The summed E-state index contributed by atoms with van der Waals surface area (Å²) < 4.78 is 28.1. The summed E-state index contributed by atoms with van der Waals surface area (Å²) in [5.74, 6) is 0.303. The molecule has 0 unspecified atom stereocenters. The summed E-state index contributed by atoms with van der Waals surface area (Å²) in [5, 5.41) is 3.18. The molecule has 9 heteroatoms. The van der Waals surface area contributed by atoms with Crippen molar-refractivity contribution >= 4 is 21.9 Å². The fourth-order valence-electron chi connectivity index (χ4n) is 2.98. The minimum atomic E-state index is -3.12. The number of sulfone groups is 1. The molecule has 2 rings (SSSR count). The largest absolute Gasteiger partial charge is 0.450 e. The van der Waals surface area contributed by atoms with Crippen molar-refractivity contribution in [1.82, 2.24) is 10.2 Å². The first-order valence-electron chi connectivity index (χ1n) is 9.01. The number of piperidine rings is 1. The fraction of sp³-hybridized carbons (Fsp3) is 0.556. The topological polar surface area (TPSA) is 114 Å². The van der Waals surface area contributed by atoms with Gasteiger partial charge in [-0.2, -0.15) is 0 Å². The third kappa shape index (κ3) is 7.09. The molecule has 1 aromatic carbocycles. The lowest BCUT2D eigenvalue weighted by molar-refractivity contribution is 0.0963. The van der Waals surface area contributed by atoms with Gasteiger partial charge in [-0.05, 0) is 30.9 Å². The summed E-state index contributed by atoms with van der Waals surface area (Å²) in [4.78, 5) is 17.7. The van der Waals surface area contributed by atoms with Gasteiger partial charge in [0.2, 0.25) is 0 Å². The summed E-state index contributed by atoms with van der Waals surface area (Å²) in [6.45, 7) is 3.70. The minimum Gasteiger partial charge on any atom is -0.450 e. The first-order valence-corrected chi connectivity index (χ1v) is 11.1. The van der Waals surface area contributed by atoms with Crippen LogP contribution < -0.4 is 11.1 Å². The van der Waals surface area contributed by atoms with E-state index in [1.165, 1.54) is 6.26 Å². The Bertz CT molecular complexity index is 771. The molecular formula is C18H28N4O4S. The number of benzene rings is 1. The second-order valence-electron chi connectivity index (χ2n) is 6.64. The average molecular weight is 397 g/mol. The Kier molecular flexibility index (Phi) is 7.46. The van der Waals surface area contributed by atoms with Gasteiger partial charge in [0.25, 0.3) is 0 Å². The quantitative estimate of drug-likeness (QED) is 0.553. The second kappa shape index (κ2) is 9.59.